The van der Waals surface area contributed by atoms with Gasteiger partial charge in [0.15, 0.2) is 0 Å². The van der Waals surface area contributed by atoms with Crippen LogP contribution in [0.15, 0.2) is 24.3 Å². The van der Waals surface area contributed by atoms with E-state index < -0.39 is 0 Å². The van der Waals surface area contributed by atoms with Gasteiger partial charge in [0.2, 0.25) is 0 Å². The third-order valence-corrected chi connectivity index (χ3v) is 2.65. The van der Waals surface area contributed by atoms with Crippen LogP contribution in [0.25, 0.3) is 0 Å². The maximum atomic E-state index is 8.80. The fourth-order valence-corrected chi connectivity index (χ4v) is 1.85. The molecular weight excluding hydrogens is 236 g/mol. The van der Waals surface area contributed by atoms with Crippen LogP contribution in [0, 0.1) is 29.1 Å². The summed E-state index contributed by atoms with van der Waals surface area (Å²) in [5, 5.41) is 17.5. The summed E-state index contributed by atoms with van der Waals surface area (Å²) in [5.74, 6) is 5.99. The lowest BCUT2D eigenvalue weighted by atomic mass is 10.1. The molecule has 1 N–H and O–H groups in total. The molecule has 1 unspecified atom stereocenters. The van der Waals surface area contributed by atoms with E-state index in [2.05, 4.69) is 34.9 Å². The number of benzene rings is 1. The second kappa shape index (κ2) is 8.32. The third-order valence-electron chi connectivity index (χ3n) is 2.65. The van der Waals surface area contributed by atoms with Crippen molar-refractivity contribution >= 4 is 0 Å². The van der Waals surface area contributed by atoms with Crippen molar-refractivity contribution in [1.29, 1.82) is 5.26 Å². The Morgan fingerprint density at radius 3 is 2.89 bits per heavy atom. The largest absolute Gasteiger partial charge is 0.395 e. The first kappa shape index (κ1) is 15.2. The summed E-state index contributed by atoms with van der Waals surface area (Å²) in [7, 11) is 2.01. The molecule has 0 saturated carbocycles. The molecule has 0 spiro atoms. The predicted molar refractivity (Wildman–Crippen MR) is 76.1 cm³/mol. The van der Waals surface area contributed by atoms with Crippen molar-refractivity contribution in [1.82, 2.24) is 4.90 Å². The average molecular weight is 256 g/mol. The summed E-state index contributed by atoms with van der Waals surface area (Å²) in [6.07, 6.45) is 0.504. The summed E-state index contributed by atoms with van der Waals surface area (Å²) in [6, 6.07) is 10.3. The molecule has 3 nitrogen and oxygen atoms in total. The number of nitriles is 1. The molecule has 1 atom stereocenters. The van der Waals surface area contributed by atoms with Crippen LogP contribution in [0.1, 0.15) is 24.5 Å². The topological polar surface area (TPSA) is 47.3 Å². The van der Waals surface area contributed by atoms with Gasteiger partial charge >= 0.3 is 0 Å². The Hall–Kier alpha value is -1.81. The number of hydrogen-bond acceptors (Lipinski definition) is 3. The van der Waals surface area contributed by atoms with E-state index in [1.165, 1.54) is 5.56 Å². The van der Waals surface area contributed by atoms with Crippen LogP contribution in [0.3, 0.4) is 0 Å². The van der Waals surface area contributed by atoms with Crippen LogP contribution in [0.5, 0.6) is 0 Å². The summed E-state index contributed by atoms with van der Waals surface area (Å²) >= 11 is 0. The molecule has 19 heavy (non-hydrogen) atoms. The normalized spacial score (nSPS) is 11.5. The van der Waals surface area contributed by atoms with E-state index in [1.54, 1.807) is 0 Å². The smallest absolute Gasteiger partial charge is 0.0666 e. The molecule has 1 aromatic rings. The molecule has 0 radical (unpaired) electrons. The van der Waals surface area contributed by atoms with Gasteiger partial charge in [0.1, 0.15) is 0 Å². The summed E-state index contributed by atoms with van der Waals surface area (Å²) < 4.78 is 0. The Morgan fingerprint density at radius 1 is 1.42 bits per heavy atom. The number of aliphatic hydroxyl groups is 1. The number of nitrogens with zero attached hydrogens (tertiary/aromatic N) is 2. The van der Waals surface area contributed by atoms with Crippen molar-refractivity contribution in [2.45, 2.75) is 19.9 Å². The minimum atomic E-state index is 0.0394. The SMILES string of the molecule is CC(C#N)CN(C)Cc1cccc(C#CCCO)c1. The van der Waals surface area contributed by atoms with Crippen molar-refractivity contribution in [3.05, 3.63) is 35.4 Å². The van der Waals surface area contributed by atoms with Crippen LogP contribution in [-0.4, -0.2) is 30.2 Å². The van der Waals surface area contributed by atoms with Crippen LogP contribution in [-0.2, 0) is 6.54 Å². The second-order valence-corrected chi connectivity index (χ2v) is 4.70. The summed E-state index contributed by atoms with van der Waals surface area (Å²) in [4.78, 5) is 2.13. The molecule has 3 heteroatoms. The van der Waals surface area contributed by atoms with Crippen molar-refractivity contribution < 1.29 is 5.11 Å². The first-order valence-electron chi connectivity index (χ1n) is 6.42. The Morgan fingerprint density at radius 2 is 2.21 bits per heavy atom. The molecule has 0 saturated heterocycles. The zero-order valence-corrected chi connectivity index (χ0v) is 11.6. The summed E-state index contributed by atoms with van der Waals surface area (Å²) in [6.45, 7) is 3.59. The number of rotatable bonds is 5. The molecule has 0 aliphatic rings. The Kier molecular flexibility index (Phi) is 6.68. The molecule has 0 aliphatic carbocycles. The molecule has 0 aliphatic heterocycles. The minimum Gasteiger partial charge on any atom is -0.395 e. The van der Waals surface area contributed by atoms with Gasteiger partial charge < -0.3 is 10.0 Å². The molecule has 0 heterocycles. The van der Waals surface area contributed by atoms with Crippen molar-refractivity contribution in [3.63, 3.8) is 0 Å². The molecule has 0 bridgehead atoms. The van der Waals surface area contributed by atoms with E-state index in [0.717, 1.165) is 18.7 Å². The predicted octanol–water partition coefficient (Wildman–Crippen LogP) is 2.01. The molecule has 1 aromatic carbocycles. The quantitative estimate of drug-likeness (QED) is 0.820. The van der Waals surface area contributed by atoms with E-state index in [1.807, 2.05) is 26.1 Å². The zero-order valence-electron chi connectivity index (χ0n) is 11.6. The van der Waals surface area contributed by atoms with Gasteiger partial charge in [-0.25, -0.2) is 0 Å². The van der Waals surface area contributed by atoms with Crippen LogP contribution >= 0.6 is 0 Å². The van der Waals surface area contributed by atoms with Gasteiger partial charge in [-0.1, -0.05) is 24.0 Å². The first-order chi connectivity index (χ1) is 9.15. The van der Waals surface area contributed by atoms with Crippen molar-refractivity contribution in [2.24, 2.45) is 5.92 Å². The van der Waals surface area contributed by atoms with Gasteiger partial charge in [-0.15, -0.1) is 0 Å². The standard InChI is InChI=1S/C16H20N2O/c1-14(11-17)12-18(2)13-16-8-5-7-15(10-16)6-3-4-9-19/h5,7-8,10,14,19H,4,9,12-13H2,1-2H3. The minimum absolute atomic E-state index is 0.0394. The Bertz CT molecular complexity index is 493. The molecule has 0 aromatic heterocycles. The van der Waals surface area contributed by atoms with Crippen LogP contribution < -0.4 is 0 Å². The average Bonchev–Trinajstić information content (AvgIpc) is 2.39. The first-order valence-corrected chi connectivity index (χ1v) is 6.42. The van der Waals surface area contributed by atoms with E-state index in [4.69, 9.17) is 10.4 Å². The zero-order chi connectivity index (χ0) is 14.1. The van der Waals surface area contributed by atoms with E-state index in [-0.39, 0.29) is 12.5 Å². The molecular formula is C16H20N2O. The van der Waals surface area contributed by atoms with Crippen LogP contribution in [0.2, 0.25) is 0 Å². The summed E-state index contributed by atoms with van der Waals surface area (Å²) in [5.41, 5.74) is 2.15. The highest BCUT2D eigenvalue weighted by Crippen LogP contribution is 2.08. The third kappa shape index (κ3) is 6.06. The Labute approximate surface area is 115 Å². The van der Waals surface area contributed by atoms with Crippen molar-refractivity contribution in [3.8, 4) is 17.9 Å². The molecule has 0 amide bonds. The highest BCUT2D eigenvalue weighted by Gasteiger charge is 2.05. The fourth-order valence-electron chi connectivity index (χ4n) is 1.85. The molecule has 1 rings (SSSR count). The van der Waals surface area contributed by atoms with E-state index in [9.17, 15) is 0 Å². The fraction of sp³-hybridized carbons (Fsp3) is 0.438. The highest BCUT2D eigenvalue weighted by atomic mass is 16.2. The van der Waals surface area contributed by atoms with Crippen LogP contribution in [0.4, 0.5) is 0 Å². The Balaban J connectivity index is 2.62. The van der Waals surface area contributed by atoms with Gasteiger partial charge in [0.25, 0.3) is 0 Å². The maximum Gasteiger partial charge on any atom is 0.0666 e. The second-order valence-electron chi connectivity index (χ2n) is 4.70. The number of hydrogen-bond donors (Lipinski definition) is 1. The van der Waals surface area contributed by atoms with Gasteiger partial charge in [0.05, 0.1) is 18.6 Å². The monoisotopic (exact) mass is 256 g/mol. The molecule has 0 fully saturated rings. The van der Waals surface area contributed by atoms with Gasteiger partial charge in [-0.05, 0) is 31.7 Å². The van der Waals surface area contributed by atoms with E-state index >= 15 is 0 Å². The maximum absolute atomic E-state index is 8.80. The van der Waals surface area contributed by atoms with E-state index in [0.29, 0.717) is 6.42 Å². The molecule has 100 valence electrons. The van der Waals surface area contributed by atoms with Crippen molar-refractivity contribution in [2.75, 3.05) is 20.2 Å². The van der Waals surface area contributed by atoms with Gasteiger partial charge in [-0.2, -0.15) is 5.26 Å². The lowest BCUT2D eigenvalue weighted by molar-refractivity contribution is 0.303. The highest BCUT2D eigenvalue weighted by molar-refractivity contribution is 5.37. The lowest BCUT2D eigenvalue weighted by Crippen LogP contribution is -2.23. The lowest BCUT2D eigenvalue weighted by Gasteiger charge is -2.17. The van der Waals surface area contributed by atoms with Gasteiger partial charge in [0, 0.05) is 25.1 Å². The van der Waals surface area contributed by atoms with Gasteiger partial charge in [-0.3, -0.25) is 0 Å². The number of aliphatic hydroxyl groups excluding tert-OH is 1.